The van der Waals surface area contributed by atoms with Gasteiger partial charge in [0.2, 0.25) is 0 Å². The van der Waals surface area contributed by atoms with E-state index in [-0.39, 0.29) is 0 Å². The summed E-state index contributed by atoms with van der Waals surface area (Å²) in [4.78, 5) is 5.02. The summed E-state index contributed by atoms with van der Waals surface area (Å²) in [6, 6.07) is 8.40. The lowest BCUT2D eigenvalue weighted by atomic mass is 10.1. The molecule has 18 heavy (non-hydrogen) atoms. The molecular formula is C14H15N3S. The number of benzene rings is 1. The van der Waals surface area contributed by atoms with E-state index in [1.54, 1.807) is 0 Å². The molecule has 1 N–H and O–H groups in total. The van der Waals surface area contributed by atoms with Crippen LogP contribution in [0, 0.1) is 25.2 Å². The molecule has 3 nitrogen and oxygen atoms in total. The SMILES string of the molecule is CCc1cccc(C)c1Nc1nc(C)sc1C#N. The minimum absolute atomic E-state index is 0.637. The van der Waals surface area contributed by atoms with E-state index in [1.807, 2.05) is 6.92 Å². The van der Waals surface area contributed by atoms with Crippen LogP contribution < -0.4 is 5.32 Å². The Kier molecular flexibility index (Phi) is 3.63. The van der Waals surface area contributed by atoms with E-state index in [2.05, 4.69) is 48.4 Å². The van der Waals surface area contributed by atoms with E-state index in [0.29, 0.717) is 10.7 Å². The zero-order valence-electron chi connectivity index (χ0n) is 10.7. The second-order valence-corrected chi connectivity index (χ2v) is 5.31. The fourth-order valence-corrected chi connectivity index (χ4v) is 2.58. The van der Waals surface area contributed by atoms with Crippen LogP contribution >= 0.6 is 11.3 Å². The van der Waals surface area contributed by atoms with Crippen LogP contribution in [0.2, 0.25) is 0 Å². The van der Waals surface area contributed by atoms with Gasteiger partial charge in [0.15, 0.2) is 5.82 Å². The van der Waals surface area contributed by atoms with Gasteiger partial charge in [-0.2, -0.15) is 5.26 Å². The zero-order valence-corrected chi connectivity index (χ0v) is 11.6. The highest BCUT2D eigenvalue weighted by molar-refractivity contribution is 7.12. The molecule has 0 aliphatic rings. The first-order valence-electron chi connectivity index (χ1n) is 5.88. The molecular weight excluding hydrogens is 242 g/mol. The van der Waals surface area contributed by atoms with Crippen molar-refractivity contribution in [2.45, 2.75) is 27.2 Å². The van der Waals surface area contributed by atoms with Gasteiger partial charge in [0, 0.05) is 5.69 Å². The molecule has 0 fully saturated rings. The van der Waals surface area contributed by atoms with E-state index >= 15 is 0 Å². The third-order valence-corrected chi connectivity index (χ3v) is 3.69. The van der Waals surface area contributed by atoms with Gasteiger partial charge in [-0.05, 0) is 31.4 Å². The summed E-state index contributed by atoms with van der Waals surface area (Å²) in [5, 5.41) is 13.3. The minimum atomic E-state index is 0.637. The number of thiazole rings is 1. The quantitative estimate of drug-likeness (QED) is 0.906. The number of hydrogen-bond donors (Lipinski definition) is 1. The van der Waals surface area contributed by atoms with Gasteiger partial charge in [-0.25, -0.2) is 4.98 Å². The standard InChI is InChI=1S/C14H15N3S/c1-4-11-7-5-6-9(2)13(11)17-14-12(8-15)18-10(3)16-14/h5-7,17H,4H2,1-3H3. The number of hydrogen-bond acceptors (Lipinski definition) is 4. The van der Waals surface area contributed by atoms with Crippen LogP contribution in [0.25, 0.3) is 0 Å². The highest BCUT2D eigenvalue weighted by atomic mass is 32.1. The number of aromatic nitrogens is 1. The van der Waals surface area contributed by atoms with Crippen molar-refractivity contribution in [3.63, 3.8) is 0 Å². The Morgan fingerprint density at radius 3 is 2.83 bits per heavy atom. The summed E-state index contributed by atoms with van der Waals surface area (Å²) in [5.41, 5.74) is 3.48. The van der Waals surface area contributed by atoms with Crippen molar-refractivity contribution in [1.29, 1.82) is 5.26 Å². The van der Waals surface area contributed by atoms with E-state index in [9.17, 15) is 0 Å². The first kappa shape index (κ1) is 12.6. The van der Waals surface area contributed by atoms with E-state index in [0.717, 1.165) is 17.1 Å². The average Bonchev–Trinajstić information content (AvgIpc) is 2.72. The smallest absolute Gasteiger partial charge is 0.159 e. The molecule has 92 valence electrons. The van der Waals surface area contributed by atoms with Crippen molar-refractivity contribution in [3.05, 3.63) is 39.2 Å². The largest absolute Gasteiger partial charge is 0.338 e. The maximum absolute atomic E-state index is 9.09. The molecule has 0 bridgehead atoms. The number of para-hydroxylation sites is 1. The topological polar surface area (TPSA) is 48.7 Å². The van der Waals surface area contributed by atoms with Crippen molar-refractivity contribution < 1.29 is 0 Å². The van der Waals surface area contributed by atoms with Gasteiger partial charge in [-0.15, -0.1) is 11.3 Å². The molecule has 0 unspecified atom stereocenters. The van der Waals surface area contributed by atoms with Gasteiger partial charge >= 0.3 is 0 Å². The lowest BCUT2D eigenvalue weighted by Crippen LogP contribution is -1.99. The molecule has 0 spiro atoms. The number of nitrogens with zero attached hydrogens (tertiary/aromatic N) is 2. The van der Waals surface area contributed by atoms with Crippen molar-refractivity contribution >= 4 is 22.8 Å². The summed E-state index contributed by atoms with van der Waals surface area (Å²) in [5.74, 6) is 0.670. The van der Waals surface area contributed by atoms with Gasteiger partial charge in [-0.3, -0.25) is 0 Å². The van der Waals surface area contributed by atoms with Crippen LogP contribution in [-0.2, 0) is 6.42 Å². The Morgan fingerprint density at radius 2 is 2.17 bits per heavy atom. The van der Waals surface area contributed by atoms with E-state index in [1.165, 1.54) is 22.5 Å². The molecule has 2 aromatic rings. The Morgan fingerprint density at radius 1 is 1.39 bits per heavy atom. The predicted octanol–water partition coefficient (Wildman–Crippen LogP) is 3.94. The number of nitriles is 1. The van der Waals surface area contributed by atoms with Gasteiger partial charge in [-0.1, -0.05) is 25.1 Å². The minimum Gasteiger partial charge on any atom is -0.338 e. The molecule has 0 radical (unpaired) electrons. The number of aryl methyl sites for hydroxylation is 3. The van der Waals surface area contributed by atoms with Gasteiger partial charge in [0.25, 0.3) is 0 Å². The average molecular weight is 257 g/mol. The molecule has 0 amide bonds. The third kappa shape index (κ3) is 2.36. The summed E-state index contributed by atoms with van der Waals surface area (Å²) in [7, 11) is 0. The number of nitrogens with one attached hydrogen (secondary N) is 1. The Bertz CT molecular complexity index is 608. The molecule has 0 atom stereocenters. The number of anilines is 2. The normalized spacial score (nSPS) is 10.1. The summed E-state index contributed by atoms with van der Waals surface area (Å²) in [6.45, 7) is 6.10. The zero-order chi connectivity index (χ0) is 13.1. The predicted molar refractivity (Wildman–Crippen MR) is 75.4 cm³/mol. The lowest BCUT2D eigenvalue weighted by molar-refractivity contribution is 1.13. The monoisotopic (exact) mass is 257 g/mol. The van der Waals surface area contributed by atoms with E-state index in [4.69, 9.17) is 5.26 Å². The number of rotatable bonds is 3. The van der Waals surface area contributed by atoms with Crippen LogP contribution in [0.3, 0.4) is 0 Å². The maximum atomic E-state index is 9.09. The van der Waals surface area contributed by atoms with Crippen LogP contribution in [0.1, 0.15) is 27.9 Å². The first-order valence-corrected chi connectivity index (χ1v) is 6.70. The molecule has 4 heteroatoms. The van der Waals surface area contributed by atoms with Crippen molar-refractivity contribution in [2.75, 3.05) is 5.32 Å². The van der Waals surface area contributed by atoms with Crippen molar-refractivity contribution in [3.8, 4) is 6.07 Å². The highest BCUT2D eigenvalue weighted by Gasteiger charge is 2.11. The van der Waals surface area contributed by atoms with Crippen LogP contribution in [-0.4, -0.2) is 4.98 Å². The molecule has 1 aromatic heterocycles. The Balaban J connectivity index is 2.43. The lowest BCUT2D eigenvalue weighted by Gasteiger charge is -2.12. The maximum Gasteiger partial charge on any atom is 0.159 e. The first-order chi connectivity index (χ1) is 8.65. The Hall–Kier alpha value is -1.86. The second kappa shape index (κ2) is 5.19. The fraction of sp³-hybridized carbons (Fsp3) is 0.286. The van der Waals surface area contributed by atoms with Crippen molar-refractivity contribution in [2.24, 2.45) is 0 Å². The van der Waals surface area contributed by atoms with Crippen LogP contribution in [0.4, 0.5) is 11.5 Å². The van der Waals surface area contributed by atoms with Crippen molar-refractivity contribution in [1.82, 2.24) is 4.98 Å². The molecule has 1 aromatic carbocycles. The summed E-state index contributed by atoms with van der Waals surface area (Å²) < 4.78 is 0. The van der Waals surface area contributed by atoms with Gasteiger partial charge in [0.05, 0.1) is 5.01 Å². The van der Waals surface area contributed by atoms with Gasteiger partial charge in [0.1, 0.15) is 10.9 Å². The summed E-state index contributed by atoms with van der Waals surface area (Å²) in [6.07, 6.45) is 0.953. The molecule has 0 saturated carbocycles. The molecule has 0 aliphatic heterocycles. The second-order valence-electron chi connectivity index (χ2n) is 4.11. The molecule has 1 heterocycles. The summed E-state index contributed by atoms with van der Waals surface area (Å²) >= 11 is 1.42. The van der Waals surface area contributed by atoms with Crippen LogP contribution in [0.5, 0.6) is 0 Å². The van der Waals surface area contributed by atoms with Gasteiger partial charge < -0.3 is 5.32 Å². The molecule has 2 rings (SSSR count). The highest BCUT2D eigenvalue weighted by Crippen LogP contribution is 2.29. The van der Waals surface area contributed by atoms with E-state index < -0.39 is 0 Å². The molecule has 0 aliphatic carbocycles. The fourth-order valence-electron chi connectivity index (χ4n) is 1.91. The molecule has 0 saturated heterocycles. The van der Waals surface area contributed by atoms with Crippen LogP contribution in [0.15, 0.2) is 18.2 Å². The Labute approximate surface area is 111 Å². The third-order valence-electron chi connectivity index (χ3n) is 2.82.